The predicted molar refractivity (Wildman–Crippen MR) is 50.6 cm³/mol. The van der Waals surface area contributed by atoms with Crippen molar-refractivity contribution in [3.05, 3.63) is 0 Å². The van der Waals surface area contributed by atoms with Crippen LogP contribution in [0, 0.1) is 0 Å². The minimum atomic E-state index is -1.69. The van der Waals surface area contributed by atoms with Gasteiger partial charge in [0.15, 0.2) is 0 Å². The summed E-state index contributed by atoms with van der Waals surface area (Å²) in [6.45, 7) is 0. The molecule has 146 valence electrons. The third-order valence-electron chi connectivity index (χ3n) is 0.312. The van der Waals surface area contributed by atoms with Crippen LogP contribution in [0.2, 0.25) is 0 Å². The number of carboxylic acid groups (broad SMARTS) is 4. The predicted octanol–water partition coefficient (Wildman–Crippen LogP) is -0.214. The van der Waals surface area contributed by atoms with Gasteiger partial charge < -0.3 is 25.9 Å². The van der Waals surface area contributed by atoms with Crippen LogP contribution in [0.1, 0.15) is 0 Å². The SMILES string of the molecule is O.O=C(O)OO.O=C(O)OO.O=C(O)OO.O=C(O)OO.[Fe].[Ni]. The van der Waals surface area contributed by atoms with Gasteiger partial charge in [0.2, 0.25) is 0 Å². The molecule has 0 spiro atoms. The zero-order valence-electron chi connectivity index (χ0n) is 10.0. The third kappa shape index (κ3) is 183. The molecule has 0 aliphatic carbocycles. The summed E-state index contributed by atoms with van der Waals surface area (Å²) in [6.07, 6.45) is -6.76. The Balaban J connectivity index is -0.0000000284. The maximum atomic E-state index is 8.90. The van der Waals surface area contributed by atoms with Gasteiger partial charge in [0, 0.05) is 33.6 Å². The van der Waals surface area contributed by atoms with Crippen LogP contribution in [0.4, 0.5) is 19.2 Å². The van der Waals surface area contributed by atoms with Gasteiger partial charge in [-0.15, -0.1) is 0 Å². The van der Waals surface area contributed by atoms with Crippen molar-refractivity contribution in [2.24, 2.45) is 0 Å². The van der Waals surface area contributed by atoms with Crippen LogP contribution < -0.4 is 0 Å². The molecule has 0 aliphatic rings. The van der Waals surface area contributed by atoms with Crippen LogP contribution >= 0.6 is 0 Å². The zero-order valence-corrected chi connectivity index (χ0v) is 12.1. The molecule has 0 saturated heterocycles. The van der Waals surface area contributed by atoms with Crippen LogP contribution in [0.25, 0.3) is 0 Å². The molecule has 0 bridgehead atoms. The van der Waals surface area contributed by atoms with E-state index in [1.807, 2.05) is 0 Å². The molecule has 0 heterocycles. The largest absolute Gasteiger partial charge is 0.537 e. The summed E-state index contributed by atoms with van der Waals surface area (Å²) < 4.78 is 0. The summed E-state index contributed by atoms with van der Waals surface area (Å²) in [5.74, 6) is 0. The average Bonchev–Trinajstić information content (AvgIpc) is 2.40. The van der Waals surface area contributed by atoms with Crippen molar-refractivity contribution in [3.63, 3.8) is 0 Å². The van der Waals surface area contributed by atoms with Crippen LogP contribution in [0.3, 0.4) is 0 Å². The van der Waals surface area contributed by atoms with Gasteiger partial charge in [0.25, 0.3) is 0 Å². The average molecular weight is 445 g/mol. The first-order valence-corrected chi connectivity index (χ1v) is 3.26. The molecule has 23 heavy (non-hydrogen) atoms. The van der Waals surface area contributed by atoms with Crippen LogP contribution in [0.15, 0.2) is 0 Å². The van der Waals surface area contributed by atoms with Gasteiger partial charge in [-0.3, -0.25) is 19.6 Å². The Labute approximate surface area is 144 Å². The molecular weight excluding hydrogens is 435 g/mol. The first-order valence-electron chi connectivity index (χ1n) is 3.26. The molecule has 0 fully saturated rings. The van der Waals surface area contributed by atoms with E-state index in [9.17, 15) is 0 Å². The molecule has 10 N–H and O–H groups in total. The number of rotatable bonds is 0. The normalized spacial score (nSPS) is 5.74. The Hall–Kier alpha value is -2.11. The molecule has 0 radical (unpaired) electrons. The standard InChI is InChI=1S/4CH2O4.Fe.Ni.H2O/c4*2-1(3)5-4;;;/h4*4H,(H,2,3);;;1H2. The van der Waals surface area contributed by atoms with Gasteiger partial charge in [-0.25, -0.2) is 19.2 Å². The fraction of sp³-hybridized carbons (Fsp3) is 0. The van der Waals surface area contributed by atoms with Crippen LogP contribution in [0.5, 0.6) is 0 Å². The van der Waals surface area contributed by atoms with Gasteiger partial charge in [0.1, 0.15) is 0 Å². The first kappa shape index (κ1) is 42.8. The van der Waals surface area contributed by atoms with Crippen molar-refractivity contribution < 1.29 is 119 Å². The topological polar surface area (TPSA) is 299 Å². The van der Waals surface area contributed by atoms with Gasteiger partial charge in [-0.05, 0) is 0 Å². The van der Waals surface area contributed by atoms with Crippen molar-refractivity contribution in [3.8, 4) is 0 Å². The minimum absolute atomic E-state index is 0. The molecule has 19 heteroatoms. The van der Waals surface area contributed by atoms with E-state index in [1.54, 1.807) is 0 Å². The van der Waals surface area contributed by atoms with Gasteiger partial charge in [-0.2, -0.15) is 21.0 Å². The number of carbonyl (C=O) groups is 4. The van der Waals surface area contributed by atoms with Gasteiger partial charge in [-0.1, -0.05) is 0 Å². The van der Waals surface area contributed by atoms with E-state index < -0.39 is 24.6 Å². The number of hydrogen-bond acceptors (Lipinski definition) is 12. The molecular formula is C4H10FeNiO17. The summed E-state index contributed by atoms with van der Waals surface area (Å²) in [5.41, 5.74) is 0. The Bertz CT molecular complexity index is 224. The quantitative estimate of drug-likeness (QED) is 0.103. The van der Waals surface area contributed by atoms with Crippen molar-refractivity contribution >= 4 is 24.6 Å². The molecule has 0 amide bonds. The van der Waals surface area contributed by atoms with Crippen LogP contribution in [-0.4, -0.2) is 71.6 Å². The molecule has 0 rings (SSSR count). The van der Waals surface area contributed by atoms with Crippen molar-refractivity contribution in [2.75, 3.05) is 0 Å². The second-order valence-electron chi connectivity index (χ2n) is 1.43. The zero-order chi connectivity index (χ0) is 17.1. The Morgan fingerprint density at radius 3 is 0.565 bits per heavy atom. The van der Waals surface area contributed by atoms with Gasteiger partial charge in [0.05, 0.1) is 0 Å². The van der Waals surface area contributed by atoms with Gasteiger partial charge >= 0.3 is 24.6 Å². The van der Waals surface area contributed by atoms with E-state index in [0.717, 1.165) is 0 Å². The number of hydrogen-bond donors (Lipinski definition) is 8. The van der Waals surface area contributed by atoms with Crippen molar-refractivity contribution in [1.82, 2.24) is 0 Å². The first-order chi connectivity index (χ1) is 9.08. The molecule has 17 nitrogen and oxygen atoms in total. The van der Waals surface area contributed by atoms with E-state index in [0.29, 0.717) is 0 Å². The summed E-state index contributed by atoms with van der Waals surface area (Å²) in [4.78, 5) is 46.2. The Morgan fingerprint density at radius 2 is 0.565 bits per heavy atom. The molecule has 0 aromatic carbocycles. The van der Waals surface area contributed by atoms with Crippen LogP contribution in [-0.2, 0) is 53.1 Å². The monoisotopic (exact) mass is 444 g/mol. The Morgan fingerprint density at radius 1 is 0.522 bits per heavy atom. The molecule has 0 saturated carbocycles. The summed E-state index contributed by atoms with van der Waals surface area (Å²) >= 11 is 0. The van der Waals surface area contributed by atoms with Crippen molar-refractivity contribution in [1.29, 1.82) is 0 Å². The third-order valence-corrected chi connectivity index (χ3v) is 0.312. The molecule has 0 atom stereocenters. The fourth-order valence-corrected chi connectivity index (χ4v) is 0. The van der Waals surface area contributed by atoms with E-state index in [1.165, 1.54) is 0 Å². The van der Waals surface area contributed by atoms with E-state index in [4.69, 9.17) is 60.6 Å². The minimum Gasteiger partial charge on any atom is -0.448 e. The summed E-state index contributed by atoms with van der Waals surface area (Å²) in [6, 6.07) is 0. The maximum absolute atomic E-state index is 8.90. The Kier molecular flexibility index (Phi) is 68.5. The smallest absolute Gasteiger partial charge is 0.448 e. The molecule has 0 aliphatic heterocycles. The summed E-state index contributed by atoms with van der Waals surface area (Å²) in [7, 11) is 0. The molecule has 0 unspecified atom stereocenters. The fourth-order valence-electron chi connectivity index (χ4n) is 0. The van der Waals surface area contributed by atoms with E-state index in [2.05, 4.69) is 19.6 Å². The second-order valence-corrected chi connectivity index (χ2v) is 1.43. The van der Waals surface area contributed by atoms with E-state index in [-0.39, 0.29) is 39.0 Å². The second kappa shape index (κ2) is 36.8. The molecule has 0 aromatic heterocycles. The van der Waals surface area contributed by atoms with E-state index >= 15 is 0 Å². The summed E-state index contributed by atoms with van der Waals surface area (Å²) in [5, 5.41) is 57.2. The van der Waals surface area contributed by atoms with Crippen molar-refractivity contribution in [2.45, 2.75) is 0 Å². The molecule has 0 aromatic rings. The maximum Gasteiger partial charge on any atom is 0.537 e.